The first-order chi connectivity index (χ1) is 9.38. The summed E-state index contributed by atoms with van der Waals surface area (Å²) >= 11 is 0. The van der Waals surface area contributed by atoms with Crippen LogP contribution in [0.15, 0.2) is 12.3 Å². The Balaban J connectivity index is 2.07. The molecule has 1 saturated carbocycles. The van der Waals surface area contributed by atoms with Gasteiger partial charge in [-0.25, -0.2) is 4.98 Å². The Morgan fingerprint density at radius 3 is 2.70 bits per heavy atom. The number of halogens is 3. The van der Waals surface area contributed by atoms with Crippen LogP contribution in [0.25, 0.3) is 0 Å². The van der Waals surface area contributed by atoms with Gasteiger partial charge in [-0.15, -0.1) is 0 Å². The summed E-state index contributed by atoms with van der Waals surface area (Å²) in [7, 11) is 0. The third-order valence-corrected chi connectivity index (χ3v) is 3.17. The quantitative estimate of drug-likeness (QED) is 0.493. The van der Waals surface area contributed by atoms with Gasteiger partial charge >= 0.3 is 11.9 Å². The summed E-state index contributed by atoms with van der Waals surface area (Å²) in [4.78, 5) is 13.1. The first kappa shape index (κ1) is 14.5. The zero-order valence-electron chi connectivity index (χ0n) is 10.6. The predicted molar refractivity (Wildman–Crippen MR) is 66.3 cm³/mol. The molecular weight excluding hydrogens is 275 g/mol. The standard InChI is InChI=1S/C12H14F3N3O2/c13-12(14,15)11-6-9(10(7-17-11)18(19)20)16-5-1-2-8-3-4-8/h6-8H,1-5H2,(H,16,17). The first-order valence-electron chi connectivity index (χ1n) is 6.33. The van der Waals surface area contributed by atoms with Crippen molar-refractivity contribution >= 4 is 11.4 Å². The van der Waals surface area contributed by atoms with Crippen LogP contribution in [0.3, 0.4) is 0 Å². The Kier molecular flexibility index (Phi) is 4.10. The van der Waals surface area contributed by atoms with Crippen molar-refractivity contribution in [2.24, 2.45) is 5.92 Å². The molecule has 5 nitrogen and oxygen atoms in total. The van der Waals surface area contributed by atoms with E-state index in [-0.39, 0.29) is 5.69 Å². The highest BCUT2D eigenvalue weighted by molar-refractivity contribution is 5.61. The summed E-state index contributed by atoms with van der Waals surface area (Å²) in [5.74, 6) is 0.718. The molecule has 0 radical (unpaired) electrons. The average molecular weight is 289 g/mol. The number of hydrogen-bond acceptors (Lipinski definition) is 4. The van der Waals surface area contributed by atoms with Gasteiger partial charge in [-0.2, -0.15) is 13.2 Å². The molecule has 0 aromatic carbocycles. The molecule has 0 saturated heterocycles. The fourth-order valence-electron chi connectivity index (χ4n) is 1.91. The van der Waals surface area contributed by atoms with E-state index in [1.54, 1.807) is 0 Å². The fraction of sp³-hybridized carbons (Fsp3) is 0.583. The molecule has 0 unspecified atom stereocenters. The van der Waals surface area contributed by atoms with E-state index in [1.165, 1.54) is 12.8 Å². The van der Waals surface area contributed by atoms with Crippen molar-refractivity contribution in [3.63, 3.8) is 0 Å². The second kappa shape index (κ2) is 5.64. The molecule has 2 rings (SSSR count). The zero-order chi connectivity index (χ0) is 14.8. The molecule has 110 valence electrons. The maximum atomic E-state index is 12.5. The zero-order valence-corrected chi connectivity index (χ0v) is 10.6. The van der Waals surface area contributed by atoms with E-state index in [1.807, 2.05) is 0 Å². The minimum atomic E-state index is -4.61. The molecule has 1 heterocycles. The Labute approximate surface area is 113 Å². The second-order valence-electron chi connectivity index (χ2n) is 4.85. The van der Waals surface area contributed by atoms with Crippen molar-refractivity contribution in [2.75, 3.05) is 11.9 Å². The lowest BCUT2D eigenvalue weighted by molar-refractivity contribution is -0.384. The van der Waals surface area contributed by atoms with E-state index >= 15 is 0 Å². The number of anilines is 1. The molecule has 1 N–H and O–H groups in total. The first-order valence-corrected chi connectivity index (χ1v) is 6.33. The molecule has 0 bridgehead atoms. The summed E-state index contributed by atoms with van der Waals surface area (Å²) in [6.07, 6.45) is 0.219. The van der Waals surface area contributed by atoms with Crippen LogP contribution in [-0.2, 0) is 6.18 Å². The van der Waals surface area contributed by atoms with Gasteiger partial charge in [0, 0.05) is 6.54 Å². The van der Waals surface area contributed by atoms with E-state index in [9.17, 15) is 23.3 Å². The molecule has 0 spiro atoms. The van der Waals surface area contributed by atoms with Crippen LogP contribution in [0.1, 0.15) is 31.4 Å². The predicted octanol–water partition coefficient (Wildman–Crippen LogP) is 3.61. The fourth-order valence-corrected chi connectivity index (χ4v) is 1.91. The maximum Gasteiger partial charge on any atom is 0.433 e. The summed E-state index contributed by atoms with van der Waals surface area (Å²) in [6, 6.07) is 0.690. The van der Waals surface area contributed by atoms with Gasteiger partial charge in [0.05, 0.1) is 4.92 Å². The van der Waals surface area contributed by atoms with Crippen LogP contribution in [-0.4, -0.2) is 16.5 Å². The molecule has 1 aromatic heterocycles. The summed E-state index contributed by atoms with van der Waals surface area (Å²) < 4.78 is 37.6. The van der Waals surface area contributed by atoms with E-state index in [4.69, 9.17) is 0 Å². The molecule has 0 atom stereocenters. The maximum absolute atomic E-state index is 12.5. The van der Waals surface area contributed by atoms with Gasteiger partial charge < -0.3 is 5.32 Å². The number of nitrogens with zero attached hydrogens (tertiary/aromatic N) is 2. The van der Waals surface area contributed by atoms with Gasteiger partial charge in [0.15, 0.2) is 0 Å². The topological polar surface area (TPSA) is 68.1 Å². The van der Waals surface area contributed by atoms with Gasteiger partial charge in [0.1, 0.15) is 17.6 Å². The second-order valence-corrected chi connectivity index (χ2v) is 4.85. The van der Waals surface area contributed by atoms with Crippen molar-refractivity contribution in [2.45, 2.75) is 31.9 Å². The van der Waals surface area contributed by atoms with Crippen LogP contribution >= 0.6 is 0 Å². The lowest BCUT2D eigenvalue weighted by Gasteiger charge is -2.10. The lowest BCUT2D eigenvalue weighted by Crippen LogP contribution is -2.11. The van der Waals surface area contributed by atoms with Crippen molar-refractivity contribution in [3.8, 4) is 0 Å². The molecule has 1 aliphatic carbocycles. The number of nitrogens with one attached hydrogen (secondary N) is 1. The Bertz CT molecular complexity index is 501. The van der Waals surface area contributed by atoms with Crippen LogP contribution in [0.4, 0.5) is 24.5 Å². The van der Waals surface area contributed by atoms with Gasteiger partial charge in [0.25, 0.3) is 0 Å². The van der Waals surface area contributed by atoms with E-state index < -0.39 is 22.5 Å². The monoisotopic (exact) mass is 289 g/mol. The Morgan fingerprint density at radius 1 is 1.45 bits per heavy atom. The van der Waals surface area contributed by atoms with Gasteiger partial charge in [-0.05, 0) is 24.8 Å². The van der Waals surface area contributed by atoms with Crippen LogP contribution in [0, 0.1) is 16.0 Å². The minimum Gasteiger partial charge on any atom is -0.379 e. The van der Waals surface area contributed by atoms with Crippen molar-refractivity contribution in [3.05, 3.63) is 28.1 Å². The van der Waals surface area contributed by atoms with E-state index in [0.717, 1.165) is 18.8 Å². The Morgan fingerprint density at radius 2 is 2.15 bits per heavy atom. The molecule has 1 aromatic rings. The number of alkyl halides is 3. The Hall–Kier alpha value is -1.86. The molecule has 20 heavy (non-hydrogen) atoms. The summed E-state index contributed by atoms with van der Waals surface area (Å²) in [5, 5.41) is 13.5. The van der Waals surface area contributed by atoms with E-state index in [0.29, 0.717) is 18.8 Å². The third kappa shape index (κ3) is 3.82. The van der Waals surface area contributed by atoms with Crippen LogP contribution < -0.4 is 5.32 Å². The third-order valence-electron chi connectivity index (χ3n) is 3.17. The highest BCUT2D eigenvalue weighted by Crippen LogP contribution is 2.34. The number of hydrogen-bond donors (Lipinski definition) is 1. The molecule has 0 amide bonds. The number of nitro groups is 1. The average Bonchev–Trinajstić information content (AvgIpc) is 3.17. The normalized spacial score (nSPS) is 15.2. The largest absolute Gasteiger partial charge is 0.433 e. The molecular formula is C12H14F3N3O2. The molecule has 0 aliphatic heterocycles. The number of rotatable bonds is 6. The lowest BCUT2D eigenvalue weighted by atomic mass is 10.2. The highest BCUT2D eigenvalue weighted by Gasteiger charge is 2.34. The molecule has 1 fully saturated rings. The number of pyridine rings is 1. The molecule has 1 aliphatic rings. The van der Waals surface area contributed by atoms with Gasteiger partial charge in [0.2, 0.25) is 0 Å². The summed E-state index contributed by atoms with van der Waals surface area (Å²) in [6.45, 7) is 0.415. The smallest absolute Gasteiger partial charge is 0.379 e. The van der Waals surface area contributed by atoms with Crippen molar-refractivity contribution in [1.29, 1.82) is 0 Å². The molecule has 8 heteroatoms. The highest BCUT2D eigenvalue weighted by atomic mass is 19.4. The van der Waals surface area contributed by atoms with Gasteiger partial charge in [-0.1, -0.05) is 12.8 Å². The summed E-state index contributed by atoms with van der Waals surface area (Å²) in [5.41, 5.74) is -1.70. The van der Waals surface area contributed by atoms with Crippen molar-refractivity contribution < 1.29 is 18.1 Å². The van der Waals surface area contributed by atoms with Crippen molar-refractivity contribution in [1.82, 2.24) is 4.98 Å². The van der Waals surface area contributed by atoms with Crippen LogP contribution in [0.2, 0.25) is 0 Å². The van der Waals surface area contributed by atoms with Crippen LogP contribution in [0.5, 0.6) is 0 Å². The van der Waals surface area contributed by atoms with Gasteiger partial charge in [-0.3, -0.25) is 10.1 Å². The number of aromatic nitrogens is 1. The minimum absolute atomic E-state index is 0.131. The van der Waals surface area contributed by atoms with E-state index in [2.05, 4.69) is 10.3 Å². The SMILES string of the molecule is O=[N+]([O-])c1cnc(C(F)(F)F)cc1NCCCC1CC1.